The van der Waals surface area contributed by atoms with Gasteiger partial charge in [0.2, 0.25) is 0 Å². The van der Waals surface area contributed by atoms with Gasteiger partial charge in [-0.05, 0) is 31.2 Å². The molecule has 1 aliphatic rings. The number of hydrogen-bond acceptors (Lipinski definition) is 4. The summed E-state index contributed by atoms with van der Waals surface area (Å²) in [6, 6.07) is 13.8. The van der Waals surface area contributed by atoms with Crippen LogP contribution in [0.5, 0.6) is 0 Å². The molecule has 0 saturated carbocycles. The number of fused-ring (bicyclic) bond motifs is 4. The Labute approximate surface area is 158 Å². The van der Waals surface area contributed by atoms with E-state index >= 15 is 0 Å². The summed E-state index contributed by atoms with van der Waals surface area (Å²) in [5.74, 6) is 0. The molecule has 1 aliphatic heterocycles. The van der Waals surface area contributed by atoms with Crippen LogP contribution < -0.4 is 9.80 Å². The summed E-state index contributed by atoms with van der Waals surface area (Å²) in [6.07, 6.45) is 1.05. The molecule has 27 heavy (non-hydrogen) atoms. The molecular weight excluding hydrogens is 336 g/mol. The van der Waals surface area contributed by atoms with Gasteiger partial charge in [0.15, 0.2) is 5.58 Å². The lowest BCUT2D eigenvalue weighted by Crippen LogP contribution is -2.30. The third-order valence-electron chi connectivity index (χ3n) is 5.67. The van der Waals surface area contributed by atoms with Crippen molar-refractivity contribution in [3.8, 4) is 0 Å². The van der Waals surface area contributed by atoms with Crippen molar-refractivity contribution in [2.75, 3.05) is 30.4 Å². The van der Waals surface area contributed by atoms with Crippen molar-refractivity contribution in [1.29, 1.82) is 0 Å². The Balaban J connectivity index is 1.55. The Morgan fingerprint density at radius 2 is 1.96 bits per heavy atom. The summed E-state index contributed by atoms with van der Waals surface area (Å²) in [4.78, 5) is 8.87. The second-order valence-electron chi connectivity index (χ2n) is 7.72. The van der Waals surface area contributed by atoms with Crippen molar-refractivity contribution in [2.45, 2.75) is 19.9 Å². The van der Waals surface area contributed by atoms with Crippen LogP contribution in [0.15, 0.2) is 40.8 Å². The van der Waals surface area contributed by atoms with Crippen molar-refractivity contribution in [1.82, 2.24) is 9.55 Å². The van der Waals surface area contributed by atoms with E-state index in [2.05, 4.69) is 64.8 Å². The van der Waals surface area contributed by atoms with Crippen molar-refractivity contribution in [3.63, 3.8) is 0 Å². The van der Waals surface area contributed by atoms with E-state index in [1.165, 1.54) is 33.4 Å². The molecule has 2 aromatic heterocycles. The van der Waals surface area contributed by atoms with Crippen molar-refractivity contribution < 1.29 is 4.42 Å². The fourth-order valence-electron chi connectivity index (χ4n) is 4.20. The Morgan fingerprint density at radius 1 is 1.11 bits per heavy atom. The minimum atomic E-state index is 0.646. The number of oxazole rings is 1. The average molecular weight is 360 g/mol. The largest absolute Gasteiger partial charge is 0.423 e. The van der Waals surface area contributed by atoms with E-state index in [0.717, 1.165) is 30.6 Å². The molecule has 0 radical (unpaired) electrons. The molecule has 0 bridgehead atoms. The number of rotatable bonds is 2. The number of anilines is 2. The first-order valence-corrected chi connectivity index (χ1v) is 9.41. The minimum Gasteiger partial charge on any atom is -0.423 e. The van der Waals surface area contributed by atoms with Gasteiger partial charge < -0.3 is 18.8 Å². The lowest BCUT2D eigenvalue weighted by atomic mass is 10.0. The molecule has 0 unspecified atom stereocenters. The highest BCUT2D eigenvalue weighted by Gasteiger charge is 2.23. The lowest BCUT2D eigenvalue weighted by molar-refractivity contribution is 0.596. The molecule has 0 saturated heterocycles. The maximum Gasteiger partial charge on any atom is 0.297 e. The maximum absolute atomic E-state index is 5.90. The van der Waals surface area contributed by atoms with Gasteiger partial charge in [-0.2, -0.15) is 4.98 Å². The lowest BCUT2D eigenvalue weighted by Gasteiger charge is -2.29. The van der Waals surface area contributed by atoms with E-state index in [0.29, 0.717) is 6.01 Å². The Hall–Kier alpha value is -2.95. The van der Waals surface area contributed by atoms with E-state index in [1.54, 1.807) is 0 Å². The Kier molecular flexibility index (Phi) is 3.47. The third kappa shape index (κ3) is 2.49. The molecule has 0 fully saturated rings. The molecule has 5 heteroatoms. The highest BCUT2D eigenvalue weighted by molar-refractivity contribution is 5.87. The van der Waals surface area contributed by atoms with Gasteiger partial charge in [-0.25, -0.2) is 0 Å². The molecule has 0 aliphatic carbocycles. The first-order chi connectivity index (χ1) is 13.0. The summed E-state index contributed by atoms with van der Waals surface area (Å²) in [5, 5.41) is 1.38. The van der Waals surface area contributed by atoms with Gasteiger partial charge in [0.25, 0.3) is 6.01 Å². The molecule has 2 aromatic carbocycles. The van der Waals surface area contributed by atoms with Gasteiger partial charge in [0.1, 0.15) is 5.52 Å². The first-order valence-electron chi connectivity index (χ1n) is 9.41. The third-order valence-corrected chi connectivity index (χ3v) is 5.67. The highest BCUT2D eigenvalue weighted by atomic mass is 16.4. The molecule has 3 heterocycles. The van der Waals surface area contributed by atoms with Crippen molar-refractivity contribution in [2.24, 2.45) is 7.05 Å². The number of nitrogens with zero attached hydrogens (tertiary/aromatic N) is 4. The Bertz CT molecular complexity index is 1170. The molecule has 5 rings (SSSR count). The molecule has 0 atom stereocenters. The molecular formula is C22H24N4O. The van der Waals surface area contributed by atoms with Gasteiger partial charge in [-0.1, -0.05) is 11.6 Å². The molecule has 5 nitrogen and oxygen atoms in total. The summed E-state index contributed by atoms with van der Waals surface area (Å²) in [5.41, 5.74) is 8.49. The van der Waals surface area contributed by atoms with Crippen LogP contribution in [0.1, 0.15) is 16.8 Å². The van der Waals surface area contributed by atoms with Gasteiger partial charge in [-0.3, -0.25) is 0 Å². The second kappa shape index (κ2) is 5.78. The van der Waals surface area contributed by atoms with E-state index in [1.807, 2.05) is 19.0 Å². The summed E-state index contributed by atoms with van der Waals surface area (Å²) < 4.78 is 8.27. The van der Waals surface area contributed by atoms with Crippen LogP contribution >= 0.6 is 0 Å². The van der Waals surface area contributed by atoms with E-state index < -0.39 is 0 Å². The van der Waals surface area contributed by atoms with Crippen LogP contribution in [-0.2, 0) is 20.0 Å². The number of hydrogen-bond donors (Lipinski definition) is 0. The zero-order chi connectivity index (χ0) is 18.7. The summed E-state index contributed by atoms with van der Waals surface area (Å²) in [7, 11) is 6.08. The zero-order valence-corrected chi connectivity index (χ0v) is 16.3. The van der Waals surface area contributed by atoms with E-state index in [9.17, 15) is 0 Å². The monoisotopic (exact) mass is 360 g/mol. The van der Waals surface area contributed by atoms with Crippen LogP contribution in [0, 0.1) is 6.92 Å². The van der Waals surface area contributed by atoms with Crippen molar-refractivity contribution in [3.05, 3.63) is 53.2 Å². The van der Waals surface area contributed by atoms with Crippen LogP contribution in [0.25, 0.3) is 22.0 Å². The fourth-order valence-corrected chi connectivity index (χ4v) is 4.20. The smallest absolute Gasteiger partial charge is 0.297 e. The Morgan fingerprint density at radius 3 is 2.78 bits per heavy atom. The molecule has 4 aromatic rings. The van der Waals surface area contributed by atoms with Crippen LogP contribution in [0.2, 0.25) is 0 Å². The highest BCUT2D eigenvalue weighted by Crippen LogP contribution is 2.34. The summed E-state index contributed by atoms with van der Waals surface area (Å²) in [6.45, 7) is 4.10. The second-order valence-corrected chi connectivity index (χ2v) is 7.72. The van der Waals surface area contributed by atoms with E-state index in [-0.39, 0.29) is 0 Å². The normalized spacial score (nSPS) is 14.1. The van der Waals surface area contributed by atoms with E-state index in [4.69, 9.17) is 4.42 Å². The number of aromatic nitrogens is 2. The predicted octanol–water partition coefficient (Wildman–Crippen LogP) is 4.26. The molecule has 0 amide bonds. The fraction of sp³-hybridized carbons (Fsp3) is 0.318. The minimum absolute atomic E-state index is 0.646. The van der Waals surface area contributed by atoms with Crippen LogP contribution in [0.4, 0.5) is 11.7 Å². The first kappa shape index (κ1) is 16.2. The maximum atomic E-state index is 5.90. The van der Waals surface area contributed by atoms with Crippen LogP contribution in [-0.4, -0.2) is 30.2 Å². The molecule has 0 spiro atoms. The SMILES string of the molecule is Cc1ccc2c(c1)c1c(n2C)CCN(c2ccc3nc(N(C)C)oc3c2)C1. The summed E-state index contributed by atoms with van der Waals surface area (Å²) >= 11 is 0. The van der Waals surface area contributed by atoms with Gasteiger partial charge in [-0.15, -0.1) is 0 Å². The van der Waals surface area contributed by atoms with Gasteiger partial charge in [0, 0.05) is 74.6 Å². The average Bonchev–Trinajstić information content (AvgIpc) is 3.21. The quantitative estimate of drug-likeness (QED) is 0.535. The van der Waals surface area contributed by atoms with Crippen molar-refractivity contribution >= 4 is 33.7 Å². The van der Waals surface area contributed by atoms with Crippen LogP contribution in [0.3, 0.4) is 0 Å². The van der Waals surface area contributed by atoms with Gasteiger partial charge in [0.05, 0.1) is 0 Å². The predicted molar refractivity (Wildman–Crippen MR) is 111 cm³/mol. The van der Waals surface area contributed by atoms with Gasteiger partial charge >= 0.3 is 0 Å². The number of aryl methyl sites for hydroxylation is 2. The molecule has 0 N–H and O–H groups in total. The molecule has 138 valence electrons. The standard InChI is InChI=1S/C22H24N4O/c1-14-5-8-19-16(11-14)17-13-26(10-9-20(17)25(19)4)15-6-7-18-21(12-15)27-22(23-18)24(2)3/h5-8,11-12H,9-10,13H2,1-4H3. The topological polar surface area (TPSA) is 37.4 Å². The number of benzene rings is 2. The zero-order valence-electron chi connectivity index (χ0n) is 16.3.